The maximum absolute atomic E-state index is 13.5. The molecule has 2 aromatic rings. The summed E-state index contributed by atoms with van der Waals surface area (Å²) in [6, 6.07) is 3.32. The summed E-state index contributed by atoms with van der Waals surface area (Å²) in [5.41, 5.74) is 7.31. The first-order chi connectivity index (χ1) is 9.56. The lowest BCUT2D eigenvalue weighted by Gasteiger charge is -2.24. The van der Waals surface area contributed by atoms with E-state index in [4.69, 9.17) is 17.3 Å². The third-order valence-electron chi connectivity index (χ3n) is 4.03. The minimum Gasteiger partial charge on any atom is -0.369 e. The van der Waals surface area contributed by atoms with Crippen LogP contribution in [-0.2, 0) is 6.54 Å². The Balaban J connectivity index is 1.94. The number of benzene rings is 1. The van der Waals surface area contributed by atoms with Crippen LogP contribution in [0.2, 0.25) is 5.02 Å². The average molecular weight is 297 g/mol. The van der Waals surface area contributed by atoms with Crippen molar-refractivity contribution in [1.29, 1.82) is 0 Å². The third kappa shape index (κ3) is 2.36. The Morgan fingerprint density at radius 1 is 1.40 bits per heavy atom. The van der Waals surface area contributed by atoms with Gasteiger partial charge in [-0.25, -0.2) is 9.37 Å². The number of nitrogens with two attached hydrogens (primary N) is 1. The van der Waals surface area contributed by atoms with E-state index in [9.17, 15) is 4.39 Å². The molecule has 0 spiro atoms. The fourth-order valence-electron chi connectivity index (χ4n) is 2.89. The van der Waals surface area contributed by atoms with Crippen LogP contribution >= 0.6 is 11.6 Å². The van der Waals surface area contributed by atoms with Crippen molar-refractivity contribution in [3.05, 3.63) is 23.0 Å². The van der Waals surface area contributed by atoms with Crippen LogP contribution < -0.4 is 5.73 Å². The summed E-state index contributed by atoms with van der Waals surface area (Å²) in [6.07, 6.45) is 2.50. The number of hydrogen-bond donors (Lipinski definition) is 1. The average Bonchev–Trinajstić information content (AvgIpc) is 3.01. The molecule has 0 aliphatic carbocycles. The molecule has 2 N–H and O–H groups in total. The van der Waals surface area contributed by atoms with Gasteiger partial charge in [0.1, 0.15) is 5.82 Å². The Labute approximate surface area is 122 Å². The molecule has 0 bridgehead atoms. The van der Waals surface area contributed by atoms with Crippen LogP contribution in [-0.4, -0.2) is 33.6 Å². The van der Waals surface area contributed by atoms with Crippen molar-refractivity contribution < 1.29 is 4.39 Å². The molecule has 1 atom stereocenters. The summed E-state index contributed by atoms with van der Waals surface area (Å²) in [7, 11) is 0. The zero-order chi connectivity index (χ0) is 14.3. The van der Waals surface area contributed by atoms with Gasteiger partial charge >= 0.3 is 0 Å². The molecule has 108 valence electrons. The zero-order valence-electron chi connectivity index (χ0n) is 11.4. The Morgan fingerprint density at radius 3 is 2.80 bits per heavy atom. The topological polar surface area (TPSA) is 47.1 Å². The van der Waals surface area contributed by atoms with Gasteiger partial charge in [0, 0.05) is 18.7 Å². The monoisotopic (exact) mass is 296 g/mol. The van der Waals surface area contributed by atoms with Gasteiger partial charge in [0.25, 0.3) is 0 Å². The number of rotatable bonds is 3. The molecule has 4 nitrogen and oxygen atoms in total. The van der Waals surface area contributed by atoms with E-state index in [1.165, 1.54) is 18.9 Å². The number of nitrogens with zero attached hydrogens (tertiary/aromatic N) is 3. The van der Waals surface area contributed by atoms with E-state index in [2.05, 4.69) is 16.8 Å². The van der Waals surface area contributed by atoms with Gasteiger partial charge in [0.15, 0.2) is 0 Å². The Hall–Kier alpha value is -1.33. The number of imidazole rings is 1. The van der Waals surface area contributed by atoms with Crippen LogP contribution in [0.15, 0.2) is 12.1 Å². The van der Waals surface area contributed by atoms with Crippen molar-refractivity contribution >= 4 is 28.6 Å². The minimum absolute atomic E-state index is 0.104. The molecule has 1 aliphatic rings. The van der Waals surface area contributed by atoms with E-state index in [-0.39, 0.29) is 5.02 Å². The zero-order valence-corrected chi connectivity index (χ0v) is 12.2. The SMILES string of the molecule is CC(Cn1c(N)nc2cc(F)c(Cl)cc21)N1CCCC1. The first kappa shape index (κ1) is 13.6. The van der Waals surface area contributed by atoms with Gasteiger partial charge in [-0.2, -0.15) is 0 Å². The highest BCUT2D eigenvalue weighted by atomic mass is 35.5. The molecule has 1 aliphatic heterocycles. The van der Waals surface area contributed by atoms with Crippen LogP contribution in [0.4, 0.5) is 10.3 Å². The molecule has 0 radical (unpaired) electrons. The molecule has 1 aromatic carbocycles. The normalized spacial score (nSPS) is 17.9. The molecule has 20 heavy (non-hydrogen) atoms. The Kier molecular flexibility index (Phi) is 3.56. The van der Waals surface area contributed by atoms with Gasteiger partial charge in [0.2, 0.25) is 5.95 Å². The van der Waals surface area contributed by atoms with Crippen LogP contribution in [0.3, 0.4) is 0 Å². The third-order valence-corrected chi connectivity index (χ3v) is 4.32. The predicted molar refractivity (Wildman–Crippen MR) is 79.4 cm³/mol. The van der Waals surface area contributed by atoms with Crippen LogP contribution in [0, 0.1) is 5.82 Å². The minimum atomic E-state index is -0.462. The first-order valence-corrected chi connectivity index (χ1v) is 7.29. The maximum atomic E-state index is 13.5. The number of halogens is 2. The molecule has 1 fully saturated rings. The highest BCUT2D eigenvalue weighted by Gasteiger charge is 2.20. The fourth-order valence-corrected chi connectivity index (χ4v) is 3.05. The second-order valence-corrected chi connectivity index (χ2v) is 5.83. The summed E-state index contributed by atoms with van der Waals surface area (Å²) in [5, 5.41) is 0.104. The van der Waals surface area contributed by atoms with Gasteiger partial charge in [-0.3, -0.25) is 4.90 Å². The maximum Gasteiger partial charge on any atom is 0.201 e. The number of likely N-dealkylation sites (tertiary alicyclic amines) is 1. The number of hydrogen-bond acceptors (Lipinski definition) is 3. The largest absolute Gasteiger partial charge is 0.369 e. The summed E-state index contributed by atoms with van der Waals surface area (Å²) >= 11 is 5.87. The van der Waals surface area contributed by atoms with Gasteiger partial charge in [-0.05, 0) is 38.9 Å². The lowest BCUT2D eigenvalue weighted by atomic mass is 10.2. The molecule has 1 saturated heterocycles. The molecular formula is C14H18ClFN4. The van der Waals surface area contributed by atoms with Gasteiger partial charge in [-0.15, -0.1) is 0 Å². The molecule has 0 amide bonds. The molecule has 6 heteroatoms. The number of anilines is 1. The van der Waals surface area contributed by atoms with Gasteiger partial charge < -0.3 is 10.3 Å². The Bertz CT molecular complexity index is 634. The quantitative estimate of drug-likeness (QED) is 0.947. The lowest BCUT2D eigenvalue weighted by molar-refractivity contribution is 0.238. The predicted octanol–water partition coefficient (Wildman–Crippen LogP) is 2.90. The lowest BCUT2D eigenvalue weighted by Crippen LogP contribution is -2.33. The standard InChI is InChI=1S/C14H18ClFN4/c1-9(19-4-2-3-5-19)8-20-13-6-10(15)11(16)7-12(13)18-14(20)17/h6-7,9H,2-5,8H2,1H3,(H2,17,18). The van der Waals surface area contributed by atoms with E-state index in [1.54, 1.807) is 6.07 Å². The van der Waals surface area contributed by atoms with E-state index >= 15 is 0 Å². The second kappa shape index (κ2) is 5.22. The highest BCUT2D eigenvalue weighted by Crippen LogP contribution is 2.25. The molecule has 1 unspecified atom stereocenters. The van der Waals surface area contributed by atoms with E-state index in [0.29, 0.717) is 17.5 Å². The van der Waals surface area contributed by atoms with Crippen molar-refractivity contribution in [2.75, 3.05) is 18.8 Å². The second-order valence-electron chi connectivity index (χ2n) is 5.43. The Morgan fingerprint density at radius 2 is 2.10 bits per heavy atom. The molecule has 0 saturated carbocycles. The molecule has 2 heterocycles. The van der Waals surface area contributed by atoms with Gasteiger partial charge in [-0.1, -0.05) is 11.6 Å². The van der Waals surface area contributed by atoms with Crippen molar-refractivity contribution in [3.63, 3.8) is 0 Å². The summed E-state index contributed by atoms with van der Waals surface area (Å²) in [6.45, 7) is 5.18. The van der Waals surface area contributed by atoms with Crippen LogP contribution in [0.5, 0.6) is 0 Å². The summed E-state index contributed by atoms with van der Waals surface area (Å²) in [4.78, 5) is 6.66. The molecular weight excluding hydrogens is 279 g/mol. The fraction of sp³-hybridized carbons (Fsp3) is 0.500. The number of nitrogen functional groups attached to an aromatic ring is 1. The van der Waals surface area contributed by atoms with E-state index in [1.807, 2.05) is 4.57 Å². The summed E-state index contributed by atoms with van der Waals surface area (Å²) < 4.78 is 15.4. The van der Waals surface area contributed by atoms with E-state index in [0.717, 1.165) is 25.2 Å². The van der Waals surface area contributed by atoms with Crippen molar-refractivity contribution in [2.24, 2.45) is 0 Å². The highest BCUT2D eigenvalue weighted by molar-refractivity contribution is 6.31. The first-order valence-electron chi connectivity index (χ1n) is 6.91. The van der Waals surface area contributed by atoms with Crippen molar-refractivity contribution in [1.82, 2.24) is 14.5 Å². The van der Waals surface area contributed by atoms with E-state index < -0.39 is 5.82 Å². The van der Waals surface area contributed by atoms with Crippen molar-refractivity contribution in [2.45, 2.75) is 32.4 Å². The van der Waals surface area contributed by atoms with Gasteiger partial charge in [0.05, 0.1) is 16.1 Å². The smallest absolute Gasteiger partial charge is 0.201 e. The number of fused-ring (bicyclic) bond motifs is 1. The molecule has 3 rings (SSSR count). The number of aromatic nitrogens is 2. The molecule has 1 aromatic heterocycles. The van der Waals surface area contributed by atoms with Crippen molar-refractivity contribution in [3.8, 4) is 0 Å². The van der Waals surface area contributed by atoms with Crippen LogP contribution in [0.25, 0.3) is 11.0 Å². The summed E-state index contributed by atoms with van der Waals surface area (Å²) in [5.74, 6) is -0.0517. The van der Waals surface area contributed by atoms with Crippen LogP contribution in [0.1, 0.15) is 19.8 Å².